The molecule has 0 amide bonds. The van der Waals surface area contributed by atoms with E-state index in [0.29, 0.717) is 0 Å². The number of aromatic nitrogens is 1. The van der Waals surface area contributed by atoms with Gasteiger partial charge in [-0.1, -0.05) is 0 Å². The van der Waals surface area contributed by atoms with Crippen LogP contribution >= 0.6 is 11.3 Å². The molecule has 6 heteroatoms. The zero-order valence-corrected chi connectivity index (χ0v) is 10.6. The fourth-order valence-corrected chi connectivity index (χ4v) is 2.17. The van der Waals surface area contributed by atoms with Gasteiger partial charge in [-0.05, 0) is 21.0 Å². The molecule has 0 spiro atoms. The van der Waals surface area contributed by atoms with Crippen LogP contribution < -0.4 is 5.32 Å². The summed E-state index contributed by atoms with van der Waals surface area (Å²) in [5.74, 6) is -0.813. The maximum absolute atomic E-state index is 10.6. The number of rotatable bonds is 6. The first-order valence-electron chi connectivity index (χ1n) is 5.05. The lowest BCUT2D eigenvalue weighted by Crippen LogP contribution is -2.20. The molecule has 5 nitrogen and oxygen atoms in total. The maximum Gasteiger partial charge on any atom is 0.308 e. The number of carbonyl (C=O) groups is 1. The molecule has 0 saturated heterocycles. The molecule has 90 valence electrons. The monoisotopic (exact) mass is 243 g/mol. The number of aryl methyl sites for hydroxylation is 1. The van der Waals surface area contributed by atoms with Gasteiger partial charge in [0.05, 0.1) is 12.1 Å². The molecule has 2 N–H and O–H groups in total. The van der Waals surface area contributed by atoms with Crippen molar-refractivity contribution in [3.05, 3.63) is 10.6 Å². The summed E-state index contributed by atoms with van der Waals surface area (Å²) in [6.07, 6.45) is 0.0544. The molecule has 0 aliphatic carbocycles. The van der Waals surface area contributed by atoms with E-state index in [1.165, 1.54) is 11.3 Å². The van der Waals surface area contributed by atoms with E-state index >= 15 is 0 Å². The number of hydrogen-bond acceptors (Lipinski definition) is 5. The summed E-state index contributed by atoms with van der Waals surface area (Å²) in [5.41, 5.74) is 0.805. The molecule has 0 atom stereocenters. The van der Waals surface area contributed by atoms with Crippen molar-refractivity contribution in [2.75, 3.05) is 32.5 Å². The lowest BCUT2D eigenvalue weighted by atomic mass is 10.3. The Hall–Kier alpha value is -1.14. The first-order valence-corrected chi connectivity index (χ1v) is 5.87. The summed E-state index contributed by atoms with van der Waals surface area (Å²) in [6.45, 7) is 3.57. The Morgan fingerprint density at radius 1 is 1.56 bits per heavy atom. The lowest BCUT2D eigenvalue weighted by Gasteiger charge is -2.08. The highest BCUT2D eigenvalue weighted by molar-refractivity contribution is 7.15. The molecular weight excluding hydrogens is 226 g/mol. The van der Waals surface area contributed by atoms with Crippen LogP contribution in [-0.2, 0) is 11.2 Å². The number of carboxylic acids is 1. The first kappa shape index (κ1) is 12.9. The zero-order valence-electron chi connectivity index (χ0n) is 9.78. The molecule has 0 aliphatic heterocycles. The van der Waals surface area contributed by atoms with Crippen molar-refractivity contribution in [3.63, 3.8) is 0 Å². The van der Waals surface area contributed by atoms with Crippen LogP contribution in [0.15, 0.2) is 0 Å². The van der Waals surface area contributed by atoms with E-state index < -0.39 is 5.97 Å². The van der Waals surface area contributed by atoms with Crippen LogP contribution in [0.5, 0.6) is 0 Å². The van der Waals surface area contributed by atoms with E-state index in [4.69, 9.17) is 5.11 Å². The molecular formula is C10H17N3O2S. The largest absolute Gasteiger partial charge is 0.481 e. The van der Waals surface area contributed by atoms with E-state index in [-0.39, 0.29) is 6.42 Å². The Bertz CT molecular complexity index is 363. The second-order valence-corrected chi connectivity index (χ2v) is 4.91. The molecule has 0 radical (unpaired) electrons. The van der Waals surface area contributed by atoms with E-state index in [9.17, 15) is 4.79 Å². The van der Waals surface area contributed by atoms with Crippen molar-refractivity contribution in [3.8, 4) is 0 Å². The predicted octanol–water partition coefficient (Wildman–Crippen LogP) is 1.05. The van der Waals surface area contributed by atoms with Crippen molar-refractivity contribution in [1.82, 2.24) is 9.88 Å². The Morgan fingerprint density at radius 2 is 2.25 bits per heavy atom. The first-order chi connectivity index (χ1) is 7.49. The second kappa shape index (κ2) is 5.81. The Morgan fingerprint density at radius 3 is 2.81 bits per heavy atom. The number of aliphatic carboxylic acids is 1. The van der Waals surface area contributed by atoms with Crippen molar-refractivity contribution in [2.45, 2.75) is 13.3 Å². The van der Waals surface area contributed by atoms with E-state index in [0.717, 1.165) is 28.8 Å². The van der Waals surface area contributed by atoms with Gasteiger partial charge in [-0.2, -0.15) is 0 Å². The molecule has 16 heavy (non-hydrogen) atoms. The SMILES string of the molecule is Cc1nc(NCCN(C)C)sc1CC(=O)O. The number of nitrogens with zero attached hydrogens (tertiary/aromatic N) is 2. The van der Waals surface area contributed by atoms with E-state index in [1.807, 2.05) is 21.0 Å². The molecule has 0 bridgehead atoms. The van der Waals surface area contributed by atoms with E-state index in [2.05, 4.69) is 15.2 Å². The highest BCUT2D eigenvalue weighted by atomic mass is 32.1. The van der Waals surface area contributed by atoms with Crippen molar-refractivity contribution in [1.29, 1.82) is 0 Å². The molecule has 1 aromatic rings. The van der Waals surface area contributed by atoms with Crippen LogP contribution in [-0.4, -0.2) is 48.1 Å². The fraction of sp³-hybridized carbons (Fsp3) is 0.600. The molecule has 0 unspecified atom stereocenters. The zero-order chi connectivity index (χ0) is 12.1. The summed E-state index contributed by atoms with van der Waals surface area (Å²) in [6, 6.07) is 0. The number of carboxylic acid groups (broad SMARTS) is 1. The minimum atomic E-state index is -0.813. The molecule has 0 aliphatic rings. The summed E-state index contributed by atoms with van der Waals surface area (Å²) in [7, 11) is 4.01. The average molecular weight is 243 g/mol. The highest BCUT2D eigenvalue weighted by Crippen LogP contribution is 2.22. The Kier molecular flexibility index (Phi) is 4.70. The highest BCUT2D eigenvalue weighted by Gasteiger charge is 2.10. The maximum atomic E-state index is 10.6. The van der Waals surface area contributed by atoms with Gasteiger partial charge in [-0.3, -0.25) is 4.79 Å². The van der Waals surface area contributed by atoms with Crippen LogP contribution in [0.2, 0.25) is 0 Å². The molecule has 1 rings (SSSR count). The third-order valence-corrected chi connectivity index (χ3v) is 3.15. The van der Waals surface area contributed by atoms with Gasteiger partial charge >= 0.3 is 5.97 Å². The summed E-state index contributed by atoms with van der Waals surface area (Å²) in [5, 5.41) is 12.7. The number of hydrogen-bond donors (Lipinski definition) is 2. The Labute approximate surface area is 99.1 Å². The molecule has 0 aromatic carbocycles. The third kappa shape index (κ3) is 4.16. The minimum Gasteiger partial charge on any atom is -0.481 e. The number of likely N-dealkylation sites (N-methyl/N-ethyl adjacent to an activating group) is 1. The number of nitrogens with one attached hydrogen (secondary N) is 1. The van der Waals surface area contributed by atoms with Crippen molar-refractivity contribution >= 4 is 22.4 Å². The summed E-state index contributed by atoms with van der Waals surface area (Å²) < 4.78 is 0. The molecule has 0 saturated carbocycles. The topological polar surface area (TPSA) is 65.5 Å². The van der Waals surface area contributed by atoms with Gasteiger partial charge < -0.3 is 15.3 Å². The van der Waals surface area contributed by atoms with Gasteiger partial charge in [-0.25, -0.2) is 4.98 Å². The second-order valence-electron chi connectivity index (χ2n) is 3.83. The van der Waals surface area contributed by atoms with Gasteiger partial charge in [0, 0.05) is 18.0 Å². The average Bonchev–Trinajstić information content (AvgIpc) is 2.45. The van der Waals surface area contributed by atoms with Crippen LogP contribution in [0.3, 0.4) is 0 Å². The third-order valence-electron chi connectivity index (χ3n) is 2.04. The predicted molar refractivity (Wildman–Crippen MR) is 65.2 cm³/mol. The lowest BCUT2D eigenvalue weighted by molar-refractivity contribution is -0.136. The number of thiazole rings is 1. The standard InChI is InChI=1S/C10H17N3O2S/c1-7-8(6-9(14)15)16-10(12-7)11-4-5-13(2)3/h4-6H2,1-3H3,(H,11,12)(H,14,15). The van der Waals surface area contributed by atoms with Crippen LogP contribution in [0.1, 0.15) is 10.6 Å². The van der Waals surface area contributed by atoms with E-state index in [1.54, 1.807) is 0 Å². The smallest absolute Gasteiger partial charge is 0.308 e. The van der Waals surface area contributed by atoms with Crippen molar-refractivity contribution in [2.24, 2.45) is 0 Å². The Balaban J connectivity index is 2.52. The van der Waals surface area contributed by atoms with Crippen LogP contribution in [0.4, 0.5) is 5.13 Å². The molecule has 1 heterocycles. The van der Waals surface area contributed by atoms with Gasteiger partial charge in [0.15, 0.2) is 5.13 Å². The van der Waals surface area contributed by atoms with Gasteiger partial charge in [0.25, 0.3) is 0 Å². The minimum absolute atomic E-state index is 0.0544. The fourth-order valence-electron chi connectivity index (χ4n) is 1.19. The van der Waals surface area contributed by atoms with Gasteiger partial charge in [-0.15, -0.1) is 11.3 Å². The van der Waals surface area contributed by atoms with Gasteiger partial charge in [0.2, 0.25) is 0 Å². The van der Waals surface area contributed by atoms with Crippen LogP contribution in [0, 0.1) is 6.92 Å². The van der Waals surface area contributed by atoms with Crippen molar-refractivity contribution < 1.29 is 9.90 Å². The summed E-state index contributed by atoms with van der Waals surface area (Å²) >= 11 is 1.42. The number of anilines is 1. The normalized spacial score (nSPS) is 10.8. The summed E-state index contributed by atoms with van der Waals surface area (Å²) in [4.78, 5) is 17.8. The van der Waals surface area contributed by atoms with Gasteiger partial charge in [0.1, 0.15) is 0 Å². The quantitative estimate of drug-likeness (QED) is 0.782. The molecule has 1 aromatic heterocycles. The van der Waals surface area contributed by atoms with Crippen LogP contribution in [0.25, 0.3) is 0 Å². The molecule has 0 fully saturated rings.